The van der Waals surface area contributed by atoms with E-state index in [1.807, 2.05) is 32.0 Å². The van der Waals surface area contributed by atoms with Gasteiger partial charge < -0.3 is 20.5 Å². The highest BCUT2D eigenvalue weighted by Crippen LogP contribution is 2.23. The molecule has 1 amide bonds. The average Bonchev–Trinajstić information content (AvgIpc) is 2.54. The maximum atomic E-state index is 12.1. The molecule has 0 heterocycles. The highest BCUT2D eigenvalue weighted by Gasteiger charge is 2.08. The molecule has 0 bridgehead atoms. The maximum absolute atomic E-state index is 12.1. The fourth-order valence-corrected chi connectivity index (χ4v) is 2.45. The minimum atomic E-state index is -0.151. The van der Waals surface area contributed by atoms with Gasteiger partial charge in [0.1, 0.15) is 5.75 Å². The lowest BCUT2D eigenvalue weighted by Crippen LogP contribution is -2.22. The number of aliphatic hydroxyl groups excluding tert-OH is 1. The quantitative estimate of drug-likeness (QED) is 0.767. The SMILES string of the molecule is COc1ccc(NC(=O)CNc2c(C)cccc2C)cc1CO. The average molecular weight is 314 g/mol. The van der Waals surface area contributed by atoms with Gasteiger partial charge >= 0.3 is 0 Å². The molecule has 0 atom stereocenters. The van der Waals surface area contributed by atoms with E-state index in [1.165, 1.54) is 0 Å². The second-order valence-corrected chi connectivity index (χ2v) is 5.35. The Morgan fingerprint density at radius 2 is 1.87 bits per heavy atom. The van der Waals surface area contributed by atoms with Crippen LogP contribution >= 0.6 is 0 Å². The summed E-state index contributed by atoms with van der Waals surface area (Å²) in [6.45, 7) is 4.04. The van der Waals surface area contributed by atoms with Gasteiger partial charge in [-0.3, -0.25) is 4.79 Å². The number of amides is 1. The molecule has 0 aliphatic heterocycles. The van der Waals surface area contributed by atoms with Gasteiger partial charge in [-0.1, -0.05) is 18.2 Å². The number of carbonyl (C=O) groups excluding carboxylic acids is 1. The van der Waals surface area contributed by atoms with Crippen LogP contribution in [-0.4, -0.2) is 24.7 Å². The number of rotatable bonds is 6. The maximum Gasteiger partial charge on any atom is 0.243 e. The van der Waals surface area contributed by atoms with Crippen LogP contribution < -0.4 is 15.4 Å². The second-order valence-electron chi connectivity index (χ2n) is 5.35. The van der Waals surface area contributed by atoms with E-state index in [9.17, 15) is 9.90 Å². The second kappa shape index (κ2) is 7.65. The molecule has 122 valence electrons. The van der Waals surface area contributed by atoms with Gasteiger partial charge in [0, 0.05) is 16.9 Å². The number of hydrogen-bond acceptors (Lipinski definition) is 4. The van der Waals surface area contributed by atoms with Gasteiger partial charge in [-0.2, -0.15) is 0 Å². The minimum Gasteiger partial charge on any atom is -0.496 e. The minimum absolute atomic E-state index is 0.145. The standard InChI is InChI=1S/C18H22N2O3/c1-12-5-4-6-13(2)18(12)19-10-17(22)20-15-7-8-16(23-3)14(9-15)11-21/h4-9,19,21H,10-11H2,1-3H3,(H,20,22). The van der Waals surface area contributed by atoms with E-state index in [-0.39, 0.29) is 19.1 Å². The molecular weight excluding hydrogens is 292 g/mol. The predicted molar refractivity (Wildman–Crippen MR) is 92.0 cm³/mol. The number of anilines is 2. The van der Waals surface area contributed by atoms with Gasteiger partial charge in [0.25, 0.3) is 0 Å². The summed E-state index contributed by atoms with van der Waals surface area (Å²) in [6, 6.07) is 11.2. The summed E-state index contributed by atoms with van der Waals surface area (Å²) < 4.78 is 5.14. The van der Waals surface area contributed by atoms with E-state index >= 15 is 0 Å². The Kier molecular flexibility index (Phi) is 5.60. The van der Waals surface area contributed by atoms with Crippen molar-refractivity contribution in [1.82, 2.24) is 0 Å². The number of aliphatic hydroxyl groups is 1. The van der Waals surface area contributed by atoms with Crippen molar-refractivity contribution < 1.29 is 14.6 Å². The van der Waals surface area contributed by atoms with Crippen molar-refractivity contribution in [2.24, 2.45) is 0 Å². The smallest absolute Gasteiger partial charge is 0.243 e. The first-order valence-corrected chi connectivity index (χ1v) is 7.43. The summed E-state index contributed by atoms with van der Waals surface area (Å²) in [5, 5.41) is 15.3. The molecule has 5 heteroatoms. The molecule has 5 nitrogen and oxygen atoms in total. The third kappa shape index (κ3) is 4.23. The monoisotopic (exact) mass is 314 g/mol. The zero-order valence-corrected chi connectivity index (χ0v) is 13.6. The molecule has 0 fully saturated rings. The highest BCUT2D eigenvalue weighted by molar-refractivity contribution is 5.94. The first-order valence-electron chi connectivity index (χ1n) is 7.43. The van der Waals surface area contributed by atoms with Gasteiger partial charge in [-0.25, -0.2) is 0 Å². The van der Waals surface area contributed by atoms with Crippen LogP contribution in [0.3, 0.4) is 0 Å². The first-order chi connectivity index (χ1) is 11.0. The van der Waals surface area contributed by atoms with Crippen LogP contribution in [0.5, 0.6) is 5.75 Å². The van der Waals surface area contributed by atoms with Crippen molar-refractivity contribution in [3.63, 3.8) is 0 Å². The van der Waals surface area contributed by atoms with Crippen LogP contribution in [0.25, 0.3) is 0 Å². The van der Waals surface area contributed by atoms with Crippen molar-refractivity contribution in [3.8, 4) is 5.75 Å². The van der Waals surface area contributed by atoms with E-state index in [4.69, 9.17) is 4.74 Å². The third-order valence-corrected chi connectivity index (χ3v) is 3.64. The lowest BCUT2D eigenvalue weighted by molar-refractivity contribution is -0.114. The molecular formula is C18H22N2O3. The normalized spacial score (nSPS) is 10.3. The number of carbonyl (C=O) groups is 1. The molecule has 0 aliphatic rings. The number of para-hydroxylation sites is 1. The van der Waals surface area contributed by atoms with E-state index in [0.717, 1.165) is 16.8 Å². The van der Waals surface area contributed by atoms with Gasteiger partial charge in [-0.05, 0) is 43.2 Å². The zero-order chi connectivity index (χ0) is 16.8. The molecule has 0 spiro atoms. The van der Waals surface area contributed by atoms with E-state index < -0.39 is 0 Å². The number of methoxy groups -OCH3 is 1. The topological polar surface area (TPSA) is 70.6 Å². The number of ether oxygens (including phenoxy) is 1. The van der Waals surface area contributed by atoms with Crippen molar-refractivity contribution in [2.45, 2.75) is 20.5 Å². The molecule has 2 rings (SSSR count). The molecule has 23 heavy (non-hydrogen) atoms. The Morgan fingerprint density at radius 1 is 1.17 bits per heavy atom. The number of aryl methyl sites for hydroxylation is 2. The van der Waals surface area contributed by atoms with Crippen LogP contribution in [0.4, 0.5) is 11.4 Å². The predicted octanol–water partition coefficient (Wildman–Crippen LogP) is 2.85. The molecule has 0 aliphatic carbocycles. The fraction of sp³-hybridized carbons (Fsp3) is 0.278. The Balaban J connectivity index is 2.00. The van der Waals surface area contributed by atoms with Gasteiger partial charge in [0.05, 0.1) is 20.3 Å². The van der Waals surface area contributed by atoms with E-state index in [0.29, 0.717) is 17.0 Å². The lowest BCUT2D eigenvalue weighted by atomic mass is 10.1. The molecule has 0 saturated heterocycles. The largest absolute Gasteiger partial charge is 0.496 e. The summed E-state index contributed by atoms with van der Waals surface area (Å²) >= 11 is 0. The van der Waals surface area contributed by atoms with Crippen LogP contribution in [-0.2, 0) is 11.4 Å². The van der Waals surface area contributed by atoms with Crippen molar-refractivity contribution in [1.29, 1.82) is 0 Å². The summed E-state index contributed by atoms with van der Waals surface area (Å²) in [4.78, 5) is 12.1. The molecule has 0 unspecified atom stereocenters. The molecule has 2 aromatic rings. The third-order valence-electron chi connectivity index (χ3n) is 3.64. The van der Waals surface area contributed by atoms with Crippen LogP contribution in [0.15, 0.2) is 36.4 Å². The summed E-state index contributed by atoms with van der Waals surface area (Å²) in [7, 11) is 1.54. The first kappa shape index (κ1) is 16.8. The van der Waals surface area contributed by atoms with Gasteiger partial charge in [-0.15, -0.1) is 0 Å². The van der Waals surface area contributed by atoms with Gasteiger partial charge in [0.15, 0.2) is 0 Å². The Bertz CT molecular complexity index is 678. The highest BCUT2D eigenvalue weighted by atomic mass is 16.5. The Morgan fingerprint density at radius 3 is 2.48 bits per heavy atom. The van der Waals surface area contributed by atoms with Crippen LogP contribution in [0, 0.1) is 13.8 Å². The van der Waals surface area contributed by atoms with Gasteiger partial charge in [0.2, 0.25) is 5.91 Å². The van der Waals surface area contributed by atoms with Crippen molar-refractivity contribution >= 4 is 17.3 Å². The lowest BCUT2D eigenvalue weighted by Gasteiger charge is -2.13. The molecule has 0 radical (unpaired) electrons. The Labute approximate surface area is 136 Å². The fourth-order valence-electron chi connectivity index (χ4n) is 2.45. The summed E-state index contributed by atoms with van der Waals surface area (Å²) in [6.07, 6.45) is 0. The zero-order valence-electron chi connectivity index (χ0n) is 13.6. The molecule has 2 aromatic carbocycles. The van der Waals surface area contributed by atoms with Crippen molar-refractivity contribution in [2.75, 3.05) is 24.3 Å². The number of nitrogens with one attached hydrogen (secondary N) is 2. The van der Waals surface area contributed by atoms with Crippen LogP contribution in [0.2, 0.25) is 0 Å². The van der Waals surface area contributed by atoms with Crippen LogP contribution in [0.1, 0.15) is 16.7 Å². The Hall–Kier alpha value is -2.53. The summed E-state index contributed by atoms with van der Waals surface area (Å²) in [5.41, 5.74) is 4.44. The van der Waals surface area contributed by atoms with E-state index in [1.54, 1.807) is 25.3 Å². The molecule has 0 saturated carbocycles. The number of benzene rings is 2. The number of hydrogen-bond donors (Lipinski definition) is 3. The van der Waals surface area contributed by atoms with Crippen molar-refractivity contribution in [3.05, 3.63) is 53.1 Å². The van der Waals surface area contributed by atoms with E-state index in [2.05, 4.69) is 10.6 Å². The molecule has 0 aromatic heterocycles. The summed E-state index contributed by atoms with van der Waals surface area (Å²) in [5.74, 6) is 0.445. The molecule has 3 N–H and O–H groups in total.